The molecule has 1 aliphatic heterocycles. The molecular formula is C22H29ClN2O3S. The largest absolute Gasteiger partial charge is 0.496 e. The molecule has 3 fully saturated rings. The van der Waals surface area contributed by atoms with Gasteiger partial charge in [-0.25, -0.2) is 0 Å². The van der Waals surface area contributed by atoms with Crippen molar-refractivity contribution in [1.82, 2.24) is 10.3 Å². The molecule has 7 heteroatoms. The van der Waals surface area contributed by atoms with Gasteiger partial charge in [0, 0.05) is 32.0 Å². The molecule has 158 valence electrons. The van der Waals surface area contributed by atoms with E-state index in [4.69, 9.17) is 14.2 Å². The van der Waals surface area contributed by atoms with Crippen LogP contribution in [0.2, 0.25) is 0 Å². The minimum atomic E-state index is -0.389. The number of aromatic nitrogens is 1. The number of hydrogen-bond donors (Lipinski definition) is 1. The molecule has 3 atom stereocenters. The van der Waals surface area contributed by atoms with Crippen molar-refractivity contribution in [3.8, 4) is 5.75 Å². The Kier molecular flexibility index (Phi) is 6.19. The average molecular weight is 437 g/mol. The van der Waals surface area contributed by atoms with Crippen molar-refractivity contribution in [2.45, 2.75) is 50.0 Å². The highest BCUT2D eigenvalue weighted by atomic mass is 35.5. The van der Waals surface area contributed by atoms with Gasteiger partial charge in [-0.3, -0.25) is 4.98 Å². The minimum absolute atomic E-state index is 0. The van der Waals surface area contributed by atoms with Crippen molar-refractivity contribution in [3.05, 3.63) is 46.4 Å². The van der Waals surface area contributed by atoms with E-state index in [0.29, 0.717) is 0 Å². The third-order valence-corrected chi connectivity index (χ3v) is 7.42. The number of pyridine rings is 1. The lowest BCUT2D eigenvalue weighted by Crippen LogP contribution is -2.51. The summed E-state index contributed by atoms with van der Waals surface area (Å²) in [5.41, 5.74) is 0.664. The summed E-state index contributed by atoms with van der Waals surface area (Å²) in [5.74, 6) is 2.19. The van der Waals surface area contributed by atoms with Crippen LogP contribution >= 0.6 is 23.7 Å². The van der Waals surface area contributed by atoms with Crippen LogP contribution < -0.4 is 10.1 Å². The first-order chi connectivity index (χ1) is 13.7. The fraction of sp³-hybridized carbons (Fsp3) is 0.591. The number of halogens is 1. The lowest BCUT2D eigenvalue weighted by atomic mass is 9.88. The molecule has 0 bridgehead atoms. The number of methoxy groups -OCH3 is 1. The SMILES string of the molecule is COc1ccsc1CNCCC1(c2ccccn2)CCOC2(CC3CC3C2)O1.Cl. The molecular weight excluding hydrogens is 408 g/mol. The molecule has 1 spiro atoms. The number of hydrogen-bond acceptors (Lipinski definition) is 6. The zero-order chi connectivity index (χ0) is 19.0. The van der Waals surface area contributed by atoms with E-state index in [9.17, 15) is 0 Å². The van der Waals surface area contributed by atoms with Crippen LogP contribution in [0.1, 0.15) is 42.7 Å². The maximum atomic E-state index is 6.84. The van der Waals surface area contributed by atoms with Crippen LogP contribution in [0, 0.1) is 11.8 Å². The van der Waals surface area contributed by atoms with Crippen LogP contribution in [0.4, 0.5) is 0 Å². The second-order valence-corrected chi connectivity index (χ2v) is 9.32. The first kappa shape index (κ1) is 21.1. The first-order valence-electron chi connectivity index (χ1n) is 10.3. The Balaban J connectivity index is 0.00000205. The van der Waals surface area contributed by atoms with Gasteiger partial charge in [-0.2, -0.15) is 0 Å². The van der Waals surface area contributed by atoms with E-state index in [2.05, 4.69) is 27.8 Å². The van der Waals surface area contributed by atoms with Gasteiger partial charge in [0.05, 0.1) is 24.3 Å². The van der Waals surface area contributed by atoms with E-state index in [1.165, 1.54) is 11.3 Å². The summed E-state index contributed by atoms with van der Waals surface area (Å²) in [6.07, 6.45) is 7.06. The maximum Gasteiger partial charge on any atom is 0.170 e. The molecule has 5 nitrogen and oxygen atoms in total. The Bertz CT molecular complexity index is 807. The Morgan fingerprint density at radius 1 is 1.28 bits per heavy atom. The van der Waals surface area contributed by atoms with Crippen molar-refractivity contribution in [3.63, 3.8) is 0 Å². The number of nitrogens with one attached hydrogen (secondary N) is 1. The Labute approximate surface area is 182 Å². The van der Waals surface area contributed by atoms with Crippen LogP contribution in [0.25, 0.3) is 0 Å². The zero-order valence-corrected chi connectivity index (χ0v) is 18.4. The van der Waals surface area contributed by atoms with Crippen LogP contribution in [0.15, 0.2) is 35.8 Å². The Morgan fingerprint density at radius 2 is 2.14 bits per heavy atom. The molecule has 1 saturated heterocycles. The summed E-state index contributed by atoms with van der Waals surface area (Å²) >= 11 is 1.72. The van der Waals surface area contributed by atoms with Gasteiger partial charge in [0.2, 0.25) is 0 Å². The van der Waals surface area contributed by atoms with Gasteiger partial charge in [0.15, 0.2) is 5.79 Å². The molecule has 3 aliphatic rings. The summed E-state index contributed by atoms with van der Waals surface area (Å²) in [7, 11) is 1.73. The number of ether oxygens (including phenoxy) is 3. The van der Waals surface area contributed by atoms with Crippen molar-refractivity contribution < 1.29 is 14.2 Å². The second kappa shape index (κ2) is 8.52. The molecule has 3 heterocycles. The van der Waals surface area contributed by atoms with Gasteiger partial charge in [-0.1, -0.05) is 6.07 Å². The fourth-order valence-corrected chi connectivity index (χ4v) is 5.79. The predicted octanol–water partition coefficient (Wildman–Crippen LogP) is 4.51. The fourth-order valence-electron chi connectivity index (χ4n) is 4.98. The number of nitrogens with zero attached hydrogens (tertiary/aromatic N) is 1. The molecule has 0 aromatic carbocycles. The van der Waals surface area contributed by atoms with E-state index in [0.717, 1.165) is 68.7 Å². The molecule has 3 unspecified atom stereocenters. The van der Waals surface area contributed by atoms with Crippen molar-refractivity contribution >= 4 is 23.7 Å². The van der Waals surface area contributed by atoms with Gasteiger partial charge in [0.25, 0.3) is 0 Å². The lowest BCUT2D eigenvalue weighted by molar-refractivity contribution is -0.335. The van der Waals surface area contributed by atoms with Crippen LogP contribution in [-0.4, -0.2) is 31.0 Å². The molecule has 0 amide bonds. The number of rotatable bonds is 7. The highest BCUT2D eigenvalue weighted by Crippen LogP contribution is 2.60. The third kappa shape index (κ3) is 4.19. The highest BCUT2D eigenvalue weighted by molar-refractivity contribution is 7.10. The summed E-state index contributed by atoms with van der Waals surface area (Å²) in [6, 6.07) is 8.16. The van der Waals surface area contributed by atoms with Crippen molar-refractivity contribution in [2.24, 2.45) is 11.8 Å². The van der Waals surface area contributed by atoms with Gasteiger partial charge in [-0.05, 0) is 54.8 Å². The lowest BCUT2D eigenvalue weighted by Gasteiger charge is -2.47. The third-order valence-electron chi connectivity index (χ3n) is 6.52. The van der Waals surface area contributed by atoms with E-state index in [1.807, 2.05) is 18.3 Å². The van der Waals surface area contributed by atoms with Crippen LogP contribution in [0.5, 0.6) is 5.75 Å². The van der Waals surface area contributed by atoms with Crippen molar-refractivity contribution in [2.75, 3.05) is 20.3 Å². The Morgan fingerprint density at radius 3 is 2.90 bits per heavy atom. The van der Waals surface area contributed by atoms with Crippen LogP contribution in [0.3, 0.4) is 0 Å². The summed E-state index contributed by atoms with van der Waals surface area (Å²) in [6.45, 7) is 2.42. The summed E-state index contributed by atoms with van der Waals surface area (Å²) in [4.78, 5) is 5.92. The molecule has 2 aromatic rings. The molecule has 29 heavy (non-hydrogen) atoms. The van der Waals surface area contributed by atoms with Crippen molar-refractivity contribution in [1.29, 1.82) is 0 Å². The standard InChI is InChI=1S/C22H28N2O3S.ClH/c1-25-18-5-11-28-19(18)15-23-9-6-21(20-4-2-3-8-24-20)7-10-26-22(27-21)13-16-12-17(16)14-22;/h2-5,8,11,16-17,23H,6-7,9-10,12-15H2,1H3;1H. The Hall–Kier alpha value is -1.18. The smallest absolute Gasteiger partial charge is 0.170 e. The van der Waals surface area contributed by atoms with Gasteiger partial charge >= 0.3 is 0 Å². The molecule has 2 aromatic heterocycles. The minimum Gasteiger partial charge on any atom is -0.496 e. The second-order valence-electron chi connectivity index (χ2n) is 8.32. The first-order valence-corrected chi connectivity index (χ1v) is 11.2. The highest BCUT2D eigenvalue weighted by Gasteiger charge is 2.60. The molecule has 1 N–H and O–H groups in total. The molecule has 2 saturated carbocycles. The van der Waals surface area contributed by atoms with E-state index in [1.54, 1.807) is 18.4 Å². The topological polar surface area (TPSA) is 52.6 Å². The quantitative estimate of drug-likeness (QED) is 0.647. The van der Waals surface area contributed by atoms with E-state index >= 15 is 0 Å². The number of fused-ring (bicyclic) bond motifs is 1. The normalized spacial score (nSPS) is 32.6. The summed E-state index contributed by atoms with van der Waals surface area (Å²) in [5, 5.41) is 5.65. The maximum absolute atomic E-state index is 6.84. The molecule has 2 aliphatic carbocycles. The van der Waals surface area contributed by atoms with Gasteiger partial charge in [0.1, 0.15) is 11.4 Å². The van der Waals surface area contributed by atoms with E-state index in [-0.39, 0.29) is 23.8 Å². The van der Waals surface area contributed by atoms with Crippen LogP contribution in [-0.2, 0) is 21.6 Å². The molecule has 0 radical (unpaired) electrons. The summed E-state index contributed by atoms with van der Waals surface area (Å²) < 4.78 is 18.5. The monoisotopic (exact) mass is 436 g/mol. The average Bonchev–Trinajstić information content (AvgIpc) is 3.13. The van der Waals surface area contributed by atoms with E-state index < -0.39 is 0 Å². The molecule has 5 rings (SSSR count). The van der Waals surface area contributed by atoms with Gasteiger partial charge < -0.3 is 19.5 Å². The zero-order valence-electron chi connectivity index (χ0n) is 16.8. The van der Waals surface area contributed by atoms with Gasteiger partial charge in [-0.15, -0.1) is 23.7 Å². The predicted molar refractivity (Wildman–Crippen MR) is 116 cm³/mol. The number of thiophene rings is 1.